The first-order chi connectivity index (χ1) is 10.1. The fraction of sp³-hybridized carbons (Fsp3) is 0.250. The molecular weight excluding hydrogens is 288 g/mol. The summed E-state index contributed by atoms with van der Waals surface area (Å²) in [6.45, 7) is 3.90. The van der Waals surface area contributed by atoms with Crippen molar-refractivity contribution in [2.45, 2.75) is 20.3 Å². The molecule has 0 aliphatic carbocycles. The first-order valence-corrected chi connectivity index (χ1v) is 6.87. The standard InChI is InChI=1S/C16H15ClN2O2/c1-11-15(12(2)21-19-11)10-16(20)18-8-4-6-13-5-3-7-14(17)9-13/h3,5,7,9H,8,10H2,1-2H3,(H,18,20). The molecule has 0 aliphatic heterocycles. The Balaban J connectivity index is 1.85. The molecule has 0 atom stereocenters. The molecule has 0 radical (unpaired) electrons. The second-order valence-corrected chi connectivity index (χ2v) is 5.00. The van der Waals surface area contributed by atoms with E-state index in [1.807, 2.05) is 19.1 Å². The average Bonchev–Trinajstić information content (AvgIpc) is 2.76. The van der Waals surface area contributed by atoms with Gasteiger partial charge in [0, 0.05) is 16.1 Å². The van der Waals surface area contributed by atoms with Gasteiger partial charge in [-0.3, -0.25) is 4.79 Å². The molecule has 1 N–H and O–H groups in total. The van der Waals surface area contributed by atoms with Crippen molar-refractivity contribution in [2.75, 3.05) is 6.54 Å². The van der Waals surface area contributed by atoms with Crippen LogP contribution >= 0.6 is 11.6 Å². The Hall–Kier alpha value is -2.25. The van der Waals surface area contributed by atoms with E-state index < -0.39 is 0 Å². The Kier molecular flexibility index (Phi) is 5.02. The highest BCUT2D eigenvalue weighted by atomic mass is 35.5. The molecule has 21 heavy (non-hydrogen) atoms. The summed E-state index contributed by atoms with van der Waals surface area (Å²) in [7, 11) is 0. The molecule has 0 aliphatic rings. The molecule has 0 bridgehead atoms. The number of carbonyl (C=O) groups is 1. The van der Waals surface area contributed by atoms with Crippen molar-refractivity contribution in [3.8, 4) is 11.8 Å². The number of hydrogen-bond donors (Lipinski definition) is 1. The number of carbonyl (C=O) groups excluding carboxylic acids is 1. The lowest BCUT2D eigenvalue weighted by Gasteiger charge is -2.00. The van der Waals surface area contributed by atoms with Crippen LogP contribution in [-0.2, 0) is 11.2 Å². The van der Waals surface area contributed by atoms with Gasteiger partial charge in [0.15, 0.2) is 0 Å². The molecule has 108 valence electrons. The molecule has 4 nitrogen and oxygen atoms in total. The van der Waals surface area contributed by atoms with Crippen molar-refractivity contribution in [2.24, 2.45) is 0 Å². The fourth-order valence-corrected chi connectivity index (χ4v) is 2.02. The van der Waals surface area contributed by atoms with Gasteiger partial charge in [0.2, 0.25) is 5.91 Å². The first-order valence-electron chi connectivity index (χ1n) is 6.49. The Bertz CT molecular complexity index is 691. The number of nitrogens with zero attached hydrogens (tertiary/aromatic N) is 1. The number of amides is 1. The van der Waals surface area contributed by atoms with Gasteiger partial charge < -0.3 is 9.84 Å². The van der Waals surface area contributed by atoms with Crippen LogP contribution < -0.4 is 5.32 Å². The summed E-state index contributed by atoms with van der Waals surface area (Å²) in [5.41, 5.74) is 2.39. The van der Waals surface area contributed by atoms with Crippen LogP contribution in [0.4, 0.5) is 0 Å². The minimum absolute atomic E-state index is 0.107. The predicted molar refractivity (Wildman–Crippen MR) is 81.0 cm³/mol. The molecule has 0 saturated heterocycles. The van der Waals surface area contributed by atoms with Crippen molar-refractivity contribution in [3.05, 3.63) is 51.9 Å². The second-order valence-electron chi connectivity index (χ2n) is 4.57. The summed E-state index contributed by atoms with van der Waals surface area (Å²) in [5.74, 6) is 6.40. The minimum Gasteiger partial charge on any atom is -0.361 e. The summed E-state index contributed by atoms with van der Waals surface area (Å²) in [6.07, 6.45) is 0.250. The van der Waals surface area contributed by atoms with Gasteiger partial charge in [-0.05, 0) is 32.0 Å². The smallest absolute Gasteiger partial charge is 0.225 e. The van der Waals surface area contributed by atoms with Crippen LogP contribution in [0.25, 0.3) is 0 Å². The molecule has 0 saturated carbocycles. The van der Waals surface area contributed by atoms with E-state index in [1.165, 1.54) is 0 Å². The van der Waals surface area contributed by atoms with Crippen LogP contribution in [0.3, 0.4) is 0 Å². The van der Waals surface area contributed by atoms with E-state index in [1.54, 1.807) is 19.1 Å². The normalized spacial score (nSPS) is 9.86. The van der Waals surface area contributed by atoms with Crippen LogP contribution in [0, 0.1) is 25.7 Å². The molecule has 1 heterocycles. The maximum absolute atomic E-state index is 11.8. The zero-order valence-corrected chi connectivity index (χ0v) is 12.6. The maximum atomic E-state index is 11.8. The summed E-state index contributed by atoms with van der Waals surface area (Å²) in [5, 5.41) is 7.21. The largest absolute Gasteiger partial charge is 0.361 e. The predicted octanol–water partition coefficient (Wildman–Crippen LogP) is 2.66. The number of aryl methyl sites for hydroxylation is 2. The Morgan fingerprint density at radius 3 is 2.90 bits per heavy atom. The molecule has 0 fully saturated rings. The summed E-state index contributed by atoms with van der Waals surface area (Å²) < 4.78 is 5.02. The number of halogens is 1. The summed E-state index contributed by atoms with van der Waals surface area (Å²) in [4.78, 5) is 11.8. The van der Waals surface area contributed by atoms with E-state index in [0.29, 0.717) is 10.8 Å². The maximum Gasteiger partial charge on any atom is 0.225 e. The lowest BCUT2D eigenvalue weighted by Crippen LogP contribution is -2.25. The zero-order valence-electron chi connectivity index (χ0n) is 11.9. The molecule has 1 aromatic heterocycles. The van der Waals surface area contributed by atoms with Crippen molar-refractivity contribution in [1.82, 2.24) is 10.5 Å². The number of nitrogens with one attached hydrogen (secondary N) is 1. The van der Waals surface area contributed by atoms with E-state index >= 15 is 0 Å². The van der Waals surface area contributed by atoms with Crippen LogP contribution in [0.5, 0.6) is 0 Å². The molecule has 1 aromatic carbocycles. The number of hydrogen-bond acceptors (Lipinski definition) is 3. The van der Waals surface area contributed by atoms with Gasteiger partial charge in [0.25, 0.3) is 0 Å². The lowest BCUT2D eigenvalue weighted by molar-refractivity contribution is -0.120. The minimum atomic E-state index is -0.107. The monoisotopic (exact) mass is 302 g/mol. The molecule has 2 rings (SSSR count). The molecule has 0 spiro atoms. The molecule has 5 heteroatoms. The zero-order chi connectivity index (χ0) is 15.2. The van der Waals surface area contributed by atoms with Gasteiger partial charge in [-0.15, -0.1) is 0 Å². The number of rotatable bonds is 3. The second kappa shape index (κ2) is 6.96. The third kappa shape index (κ3) is 4.37. The third-order valence-electron chi connectivity index (χ3n) is 2.95. The van der Waals surface area contributed by atoms with Gasteiger partial charge in [0.1, 0.15) is 5.76 Å². The van der Waals surface area contributed by atoms with Crippen LogP contribution in [0.1, 0.15) is 22.6 Å². The molecule has 1 amide bonds. The molecule has 2 aromatic rings. The Morgan fingerprint density at radius 2 is 2.24 bits per heavy atom. The average molecular weight is 303 g/mol. The van der Waals surface area contributed by atoms with Gasteiger partial charge >= 0.3 is 0 Å². The number of aromatic nitrogens is 1. The van der Waals surface area contributed by atoms with Crippen molar-refractivity contribution < 1.29 is 9.32 Å². The van der Waals surface area contributed by atoms with Gasteiger partial charge in [-0.25, -0.2) is 0 Å². The van der Waals surface area contributed by atoms with Crippen molar-refractivity contribution in [3.63, 3.8) is 0 Å². The Labute approximate surface area is 128 Å². The van der Waals surface area contributed by atoms with Gasteiger partial charge in [-0.1, -0.05) is 34.7 Å². The first kappa shape index (κ1) is 15.1. The number of benzene rings is 1. The van der Waals surface area contributed by atoms with Gasteiger partial charge in [0.05, 0.1) is 18.7 Å². The summed E-state index contributed by atoms with van der Waals surface area (Å²) >= 11 is 5.86. The highest BCUT2D eigenvalue weighted by molar-refractivity contribution is 6.30. The highest BCUT2D eigenvalue weighted by Crippen LogP contribution is 2.12. The van der Waals surface area contributed by atoms with Gasteiger partial charge in [-0.2, -0.15) is 0 Å². The van der Waals surface area contributed by atoms with E-state index in [-0.39, 0.29) is 18.9 Å². The topological polar surface area (TPSA) is 55.1 Å². The van der Waals surface area contributed by atoms with Crippen molar-refractivity contribution >= 4 is 17.5 Å². The van der Waals surface area contributed by atoms with E-state index in [0.717, 1.165) is 16.8 Å². The molecule has 0 unspecified atom stereocenters. The lowest BCUT2D eigenvalue weighted by atomic mass is 10.1. The van der Waals surface area contributed by atoms with E-state index in [4.69, 9.17) is 16.1 Å². The molecular formula is C16H15ClN2O2. The van der Waals surface area contributed by atoms with Crippen LogP contribution in [-0.4, -0.2) is 17.6 Å². The van der Waals surface area contributed by atoms with E-state index in [9.17, 15) is 4.79 Å². The van der Waals surface area contributed by atoms with E-state index in [2.05, 4.69) is 22.3 Å². The van der Waals surface area contributed by atoms with Crippen molar-refractivity contribution in [1.29, 1.82) is 0 Å². The SMILES string of the molecule is Cc1noc(C)c1CC(=O)NCC#Cc1cccc(Cl)c1. The third-order valence-corrected chi connectivity index (χ3v) is 3.18. The van der Waals surface area contributed by atoms with Crippen LogP contribution in [0.2, 0.25) is 5.02 Å². The Morgan fingerprint density at radius 1 is 1.43 bits per heavy atom. The quantitative estimate of drug-likeness (QED) is 0.887. The fourth-order valence-electron chi connectivity index (χ4n) is 1.83. The highest BCUT2D eigenvalue weighted by Gasteiger charge is 2.12. The van der Waals surface area contributed by atoms with Crippen LogP contribution in [0.15, 0.2) is 28.8 Å². The summed E-state index contributed by atoms with van der Waals surface area (Å²) in [6, 6.07) is 7.27.